The van der Waals surface area contributed by atoms with Crippen LogP contribution < -0.4 is 51.4 Å². The van der Waals surface area contributed by atoms with Gasteiger partial charge in [0.1, 0.15) is 0 Å². The summed E-state index contributed by atoms with van der Waals surface area (Å²) in [5.41, 5.74) is 0. The Morgan fingerprint density at radius 3 is 1.64 bits per heavy atom. The standard InChI is InChI=1S/C18H37NO4S.K/c1-3-4-5-6-7-8-9-10-11-12-13-14-15-18(20)19(2)16-17-24(21,22)23;/h3-17H2,1-2H3,(H,21,22,23);/q;+1/p-1. The molecule has 0 unspecified atom stereocenters. The number of carbonyl (C=O) groups is 1. The molecule has 0 bridgehead atoms. The van der Waals surface area contributed by atoms with Crippen molar-refractivity contribution in [3.05, 3.63) is 0 Å². The van der Waals surface area contributed by atoms with E-state index in [-0.39, 0.29) is 63.8 Å². The molecule has 0 heterocycles. The van der Waals surface area contributed by atoms with Crippen molar-refractivity contribution in [2.75, 3.05) is 19.3 Å². The summed E-state index contributed by atoms with van der Waals surface area (Å²) in [6.07, 6.45) is 15.4. The third kappa shape index (κ3) is 21.2. The first kappa shape index (κ1) is 28.2. The van der Waals surface area contributed by atoms with Gasteiger partial charge in [-0.2, -0.15) is 0 Å². The van der Waals surface area contributed by atoms with Crippen molar-refractivity contribution in [3.63, 3.8) is 0 Å². The predicted octanol–water partition coefficient (Wildman–Crippen LogP) is 1.09. The fraction of sp³-hybridized carbons (Fsp3) is 0.944. The number of hydrogen-bond donors (Lipinski definition) is 0. The molecule has 0 rings (SSSR count). The van der Waals surface area contributed by atoms with E-state index in [2.05, 4.69) is 6.92 Å². The normalized spacial score (nSPS) is 11.2. The minimum Gasteiger partial charge on any atom is -0.748 e. The molecule has 0 radical (unpaired) electrons. The van der Waals surface area contributed by atoms with Gasteiger partial charge in [0.2, 0.25) is 5.91 Å². The fourth-order valence-corrected chi connectivity index (χ4v) is 3.18. The monoisotopic (exact) mass is 401 g/mol. The summed E-state index contributed by atoms with van der Waals surface area (Å²) in [7, 11) is -2.69. The number of hydrogen-bond acceptors (Lipinski definition) is 4. The largest absolute Gasteiger partial charge is 1.00 e. The van der Waals surface area contributed by atoms with Gasteiger partial charge in [-0.1, -0.05) is 77.6 Å². The molecule has 0 spiro atoms. The SMILES string of the molecule is CCCCCCCCCCCCCCC(=O)N(C)CCS(=O)(=O)[O-].[K+]. The van der Waals surface area contributed by atoms with Crippen molar-refractivity contribution in [2.24, 2.45) is 0 Å². The predicted molar refractivity (Wildman–Crippen MR) is 97.9 cm³/mol. The third-order valence-electron chi connectivity index (χ3n) is 4.35. The number of carbonyl (C=O) groups excluding carboxylic acids is 1. The molecule has 0 aromatic carbocycles. The molecule has 25 heavy (non-hydrogen) atoms. The first-order valence-corrected chi connectivity index (χ1v) is 11.1. The second-order valence-electron chi connectivity index (χ2n) is 6.72. The zero-order valence-corrected chi connectivity index (χ0v) is 20.5. The summed E-state index contributed by atoms with van der Waals surface area (Å²) in [5.74, 6) is -0.584. The van der Waals surface area contributed by atoms with Gasteiger partial charge >= 0.3 is 51.4 Å². The maximum absolute atomic E-state index is 11.8. The summed E-state index contributed by atoms with van der Waals surface area (Å²) in [6.45, 7) is 2.23. The Hall–Kier alpha value is 1.02. The van der Waals surface area contributed by atoms with E-state index in [1.54, 1.807) is 7.05 Å². The Morgan fingerprint density at radius 1 is 0.840 bits per heavy atom. The maximum Gasteiger partial charge on any atom is 1.00 e. The van der Waals surface area contributed by atoms with Crippen LogP contribution in [0.2, 0.25) is 0 Å². The molecule has 1 amide bonds. The number of nitrogens with zero attached hydrogens (tertiary/aromatic N) is 1. The summed E-state index contributed by atoms with van der Waals surface area (Å²) >= 11 is 0. The van der Waals surface area contributed by atoms with Gasteiger partial charge in [0.25, 0.3) is 0 Å². The van der Waals surface area contributed by atoms with E-state index in [4.69, 9.17) is 0 Å². The topological polar surface area (TPSA) is 77.5 Å². The molecule has 0 fully saturated rings. The molecule has 0 aromatic heterocycles. The Kier molecular flexibility index (Phi) is 20.8. The smallest absolute Gasteiger partial charge is 0.748 e. The zero-order chi connectivity index (χ0) is 18.3. The second-order valence-corrected chi connectivity index (χ2v) is 8.24. The molecule has 0 aliphatic carbocycles. The van der Waals surface area contributed by atoms with Crippen LogP contribution in [0.15, 0.2) is 0 Å². The Labute approximate surface area is 197 Å². The molecular weight excluding hydrogens is 365 g/mol. The van der Waals surface area contributed by atoms with Crippen LogP contribution in [0.25, 0.3) is 0 Å². The molecular formula is C18H36KNO4S. The van der Waals surface area contributed by atoms with Crippen molar-refractivity contribution in [1.29, 1.82) is 0 Å². The quantitative estimate of drug-likeness (QED) is 0.220. The summed E-state index contributed by atoms with van der Waals surface area (Å²) in [4.78, 5) is 13.1. The van der Waals surface area contributed by atoms with E-state index in [0.717, 1.165) is 19.3 Å². The number of rotatable bonds is 16. The van der Waals surface area contributed by atoms with Gasteiger partial charge in [-0.3, -0.25) is 4.79 Å². The Balaban J connectivity index is 0. The van der Waals surface area contributed by atoms with Crippen LogP contribution in [0, 0.1) is 0 Å². The van der Waals surface area contributed by atoms with Crippen LogP contribution in [-0.2, 0) is 14.9 Å². The van der Waals surface area contributed by atoms with E-state index < -0.39 is 15.9 Å². The van der Waals surface area contributed by atoms with Crippen molar-refractivity contribution >= 4 is 16.0 Å². The molecule has 0 atom stereocenters. The van der Waals surface area contributed by atoms with E-state index in [0.29, 0.717) is 6.42 Å². The molecule has 0 saturated carbocycles. The Bertz CT molecular complexity index is 415. The van der Waals surface area contributed by atoms with Gasteiger partial charge < -0.3 is 9.45 Å². The molecule has 0 aromatic rings. The number of amides is 1. The van der Waals surface area contributed by atoms with E-state index in [1.807, 2.05) is 0 Å². The van der Waals surface area contributed by atoms with E-state index >= 15 is 0 Å². The van der Waals surface area contributed by atoms with Crippen LogP contribution in [0.5, 0.6) is 0 Å². The van der Waals surface area contributed by atoms with Crippen LogP contribution in [0.1, 0.15) is 90.4 Å². The minimum absolute atomic E-state index is 0. The fourth-order valence-electron chi connectivity index (χ4n) is 2.68. The van der Waals surface area contributed by atoms with Gasteiger partial charge in [-0.05, 0) is 6.42 Å². The van der Waals surface area contributed by atoms with Crippen LogP contribution in [0.3, 0.4) is 0 Å². The Morgan fingerprint density at radius 2 is 1.24 bits per heavy atom. The van der Waals surface area contributed by atoms with E-state index in [9.17, 15) is 17.8 Å². The molecule has 144 valence electrons. The summed E-state index contributed by atoms with van der Waals surface area (Å²) in [6, 6.07) is 0. The second kappa shape index (κ2) is 18.4. The minimum atomic E-state index is -4.24. The van der Waals surface area contributed by atoms with Crippen molar-refractivity contribution in [1.82, 2.24) is 4.90 Å². The third-order valence-corrected chi connectivity index (χ3v) is 5.03. The average molecular weight is 402 g/mol. The van der Waals surface area contributed by atoms with Crippen LogP contribution in [0.4, 0.5) is 0 Å². The molecule has 5 nitrogen and oxygen atoms in total. The molecule has 0 aliphatic rings. The average Bonchev–Trinajstić information content (AvgIpc) is 2.52. The van der Waals surface area contributed by atoms with Crippen molar-refractivity contribution in [3.8, 4) is 0 Å². The van der Waals surface area contributed by atoms with Gasteiger partial charge in [0, 0.05) is 20.0 Å². The van der Waals surface area contributed by atoms with Gasteiger partial charge in [0.05, 0.1) is 15.9 Å². The molecule has 0 saturated heterocycles. The summed E-state index contributed by atoms with van der Waals surface area (Å²) < 4.78 is 31.6. The summed E-state index contributed by atoms with van der Waals surface area (Å²) in [5, 5.41) is 0. The van der Waals surface area contributed by atoms with Gasteiger partial charge in [-0.15, -0.1) is 0 Å². The van der Waals surface area contributed by atoms with E-state index in [1.165, 1.54) is 62.7 Å². The molecule has 0 N–H and O–H groups in total. The first-order chi connectivity index (χ1) is 11.4. The van der Waals surface area contributed by atoms with Crippen LogP contribution in [-0.4, -0.2) is 43.1 Å². The van der Waals surface area contributed by atoms with Gasteiger partial charge in [0.15, 0.2) is 0 Å². The molecule has 7 heteroatoms. The zero-order valence-electron chi connectivity index (χ0n) is 16.6. The molecule has 0 aliphatic heterocycles. The van der Waals surface area contributed by atoms with Crippen molar-refractivity contribution < 1.29 is 69.1 Å². The maximum atomic E-state index is 11.8. The van der Waals surface area contributed by atoms with Crippen molar-refractivity contribution in [2.45, 2.75) is 90.4 Å². The van der Waals surface area contributed by atoms with Crippen LogP contribution >= 0.6 is 0 Å². The number of unbranched alkanes of at least 4 members (excludes halogenated alkanes) is 11. The first-order valence-electron chi connectivity index (χ1n) is 9.54. The van der Waals surface area contributed by atoms with Gasteiger partial charge in [-0.25, -0.2) is 8.42 Å².